The number of nitrogens with two attached hydrogens (primary N) is 1. The molecule has 0 aliphatic heterocycles. The summed E-state index contributed by atoms with van der Waals surface area (Å²) in [5, 5.41) is 2.02. The molecule has 3 rings (SSSR count). The van der Waals surface area contributed by atoms with Crippen LogP contribution in [0.5, 0.6) is 5.75 Å². The van der Waals surface area contributed by atoms with Gasteiger partial charge in [0.15, 0.2) is 4.96 Å². The van der Waals surface area contributed by atoms with Gasteiger partial charge in [-0.2, -0.15) is 0 Å². The summed E-state index contributed by atoms with van der Waals surface area (Å²) in [4.78, 5) is 5.49. The van der Waals surface area contributed by atoms with Crippen molar-refractivity contribution in [3.05, 3.63) is 52.8 Å². The molecular weight excluding hydrogens is 270 g/mol. The molecule has 104 valence electrons. The van der Waals surface area contributed by atoms with Gasteiger partial charge in [-0.15, -0.1) is 11.3 Å². The lowest BCUT2D eigenvalue weighted by molar-refractivity contribution is 0.297. The van der Waals surface area contributed by atoms with Crippen LogP contribution in [0.15, 0.2) is 36.0 Å². The summed E-state index contributed by atoms with van der Waals surface area (Å²) in [6.45, 7) is 4.48. The zero-order valence-electron chi connectivity index (χ0n) is 11.5. The number of rotatable bonds is 4. The van der Waals surface area contributed by atoms with Crippen molar-refractivity contribution in [1.29, 1.82) is 0 Å². The predicted molar refractivity (Wildman–Crippen MR) is 81.2 cm³/mol. The highest BCUT2D eigenvalue weighted by molar-refractivity contribution is 7.15. The maximum absolute atomic E-state index is 6.00. The van der Waals surface area contributed by atoms with Gasteiger partial charge in [0.1, 0.15) is 12.4 Å². The first-order valence-electron chi connectivity index (χ1n) is 6.53. The Balaban J connectivity index is 1.79. The highest BCUT2D eigenvalue weighted by atomic mass is 32.1. The maximum atomic E-state index is 6.00. The largest absolute Gasteiger partial charge is 0.487 e. The summed E-state index contributed by atoms with van der Waals surface area (Å²) in [6, 6.07) is 6.04. The normalized spacial score (nSPS) is 12.8. The lowest BCUT2D eigenvalue weighted by Gasteiger charge is -2.14. The quantitative estimate of drug-likeness (QED) is 0.801. The van der Waals surface area contributed by atoms with Crippen molar-refractivity contribution in [2.75, 3.05) is 0 Å². The minimum Gasteiger partial charge on any atom is -0.487 e. The van der Waals surface area contributed by atoms with Gasteiger partial charge in [-0.05, 0) is 19.9 Å². The molecule has 0 aliphatic rings. The second-order valence-electron chi connectivity index (χ2n) is 4.94. The van der Waals surface area contributed by atoms with Crippen LogP contribution in [-0.2, 0) is 6.61 Å². The lowest BCUT2D eigenvalue weighted by atomic mass is 10.1. The molecule has 0 bridgehead atoms. The molecule has 2 N–H and O–H groups in total. The van der Waals surface area contributed by atoms with Crippen molar-refractivity contribution in [3.8, 4) is 5.75 Å². The van der Waals surface area contributed by atoms with E-state index in [1.54, 1.807) is 11.3 Å². The molecule has 0 spiro atoms. The summed E-state index contributed by atoms with van der Waals surface area (Å²) < 4.78 is 7.89. The third-order valence-electron chi connectivity index (χ3n) is 3.17. The van der Waals surface area contributed by atoms with E-state index in [1.807, 2.05) is 41.2 Å². The lowest BCUT2D eigenvalue weighted by Crippen LogP contribution is -2.08. The van der Waals surface area contributed by atoms with Gasteiger partial charge in [0.2, 0.25) is 0 Å². The second kappa shape index (κ2) is 5.26. The Morgan fingerprint density at radius 2 is 2.30 bits per heavy atom. The molecule has 4 nitrogen and oxygen atoms in total. The Labute approximate surface area is 121 Å². The van der Waals surface area contributed by atoms with Gasteiger partial charge in [-0.25, -0.2) is 4.98 Å². The topological polar surface area (TPSA) is 52.5 Å². The molecule has 0 radical (unpaired) electrons. The van der Waals surface area contributed by atoms with E-state index >= 15 is 0 Å². The number of fused-ring (bicyclic) bond motifs is 1. The number of hydrogen-bond acceptors (Lipinski definition) is 4. The number of aryl methyl sites for hydroxylation is 1. The fourth-order valence-corrected chi connectivity index (χ4v) is 2.87. The molecule has 2 aromatic heterocycles. The van der Waals surface area contributed by atoms with Crippen molar-refractivity contribution >= 4 is 16.3 Å². The first-order chi connectivity index (χ1) is 9.63. The van der Waals surface area contributed by atoms with Gasteiger partial charge in [0, 0.05) is 29.4 Å². The number of hydrogen-bond donors (Lipinski definition) is 1. The van der Waals surface area contributed by atoms with Crippen molar-refractivity contribution in [3.63, 3.8) is 0 Å². The molecule has 5 heteroatoms. The van der Waals surface area contributed by atoms with Gasteiger partial charge in [-0.3, -0.25) is 4.40 Å². The maximum Gasteiger partial charge on any atom is 0.193 e. The van der Waals surface area contributed by atoms with Crippen molar-refractivity contribution in [2.24, 2.45) is 5.73 Å². The average molecular weight is 287 g/mol. The second-order valence-corrected chi connectivity index (χ2v) is 5.82. The van der Waals surface area contributed by atoms with Crippen LogP contribution in [-0.4, -0.2) is 9.38 Å². The van der Waals surface area contributed by atoms with Gasteiger partial charge in [0.05, 0.1) is 5.69 Å². The Bertz CT molecular complexity index is 701. The molecule has 0 unspecified atom stereocenters. The van der Waals surface area contributed by atoms with E-state index in [-0.39, 0.29) is 6.04 Å². The Morgan fingerprint density at radius 1 is 1.45 bits per heavy atom. The number of imidazole rings is 1. The van der Waals surface area contributed by atoms with Crippen LogP contribution >= 0.6 is 11.3 Å². The van der Waals surface area contributed by atoms with Gasteiger partial charge < -0.3 is 10.5 Å². The van der Waals surface area contributed by atoms with E-state index < -0.39 is 0 Å². The third-order valence-corrected chi connectivity index (χ3v) is 3.95. The van der Waals surface area contributed by atoms with E-state index in [2.05, 4.69) is 18.0 Å². The van der Waals surface area contributed by atoms with E-state index in [1.165, 1.54) is 5.56 Å². The average Bonchev–Trinajstić information content (AvgIpc) is 2.97. The minimum absolute atomic E-state index is 0.0459. The fourth-order valence-electron chi connectivity index (χ4n) is 2.15. The molecule has 0 saturated carbocycles. The van der Waals surface area contributed by atoms with E-state index in [0.717, 1.165) is 22.0 Å². The zero-order valence-corrected chi connectivity index (χ0v) is 12.4. The van der Waals surface area contributed by atoms with Crippen LogP contribution in [0.1, 0.15) is 29.8 Å². The Morgan fingerprint density at radius 3 is 3.05 bits per heavy atom. The van der Waals surface area contributed by atoms with Crippen LogP contribution < -0.4 is 10.5 Å². The molecular formula is C15H17N3OS. The fraction of sp³-hybridized carbons (Fsp3) is 0.267. The van der Waals surface area contributed by atoms with Gasteiger partial charge >= 0.3 is 0 Å². The molecule has 0 aliphatic carbocycles. The molecule has 1 atom stereocenters. The van der Waals surface area contributed by atoms with Crippen molar-refractivity contribution in [2.45, 2.75) is 26.5 Å². The molecule has 0 fully saturated rings. The predicted octanol–water partition coefficient (Wildman–Crippen LogP) is 3.30. The Kier molecular flexibility index (Phi) is 3.46. The number of ether oxygens (including phenoxy) is 1. The van der Waals surface area contributed by atoms with Crippen molar-refractivity contribution < 1.29 is 4.74 Å². The number of thiazole rings is 1. The smallest absolute Gasteiger partial charge is 0.193 e. The number of nitrogens with zero attached hydrogens (tertiary/aromatic N) is 2. The first kappa shape index (κ1) is 13.1. The van der Waals surface area contributed by atoms with E-state index in [4.69, 9.17) is 10.5 Å². The molecule has 3 aromatic rings. The molecule has 0 amide bonds. The molecule has 20 heavy (non-hydrogen) atoms. The summed E-state index contributed by atoms with van der Waals surface area (Å²) in [6.07, 6.45) is 3.99. The summed E-state index contributed by atoms with van der Waals surface area (Å²) in [5.74, 6) is 0.835. The molecule has 1 aromatic carbocycles. The highest BCUT2D eigenvalue weighted by Gasteiger charge is 2.10. The summed E-state index contributed by atoms with van der Waals surface area (Å²) in [7, 11) is 0. The molecule has 0 saturated heterocycles. The Hall–Kier alpha value is -1.85. The number of aromatic nitrogens is 2. The summed E-state index contributed by atoms with van der Waals surface area (Å²) >= 11 is 1.62. The SMILES string of the molecule is Cc1ccc(OCc2cn3ccsc3n2)c([C@H](C)N)c1. The van der Waals surface area contributed by atoms with Gasteiger partial charge in [0.25, 0.3) is 0 Å². The summed E-state index contributed by atoms with van der Waals surface area (Å²) in [5.41, 5.74) is 9.14. The van der Waals surface area contributed by atoms with E-state index in [9.17, 15) is 0 Å². The van der Waals surface area contributed by atoms with Crippen LogP contribution in [0.2, 0.25) is 0 Å². The first-order valence-corrected chi connectivity index (χ1v) is 7.41. The number of benzene rings is 1. The molecule has 2 heterocycles. The van der Waals surface area contributed by atoms with Crippen LogP contribution in [0.4, 0.5) is 0 Å². The highest BCUT2D eigenvalue weighted by Crippen LogP contribution is 2.26. The third kappa shape index (κ3) is 2.55. The van der Waals surface area contributed by atoms with Crippen molar-refractivity contribution in [1.82, 2.24) is 9.38 Å². The van der Waals surface area contributed by atoms with Crippen LogP contribution in [0.25, 0.3) is 4.96 Å². The zero-order chi connectivity index (χ0) is 14.1. The van der Waals surface area contributed by atoms with Crippen LogP contribution in [0, 0.1) is 6.92 Å². The van der Waals surface area contributed by atoms with Gasteiger partial charge in [-0.1, -0.05) is 17.7 Å². The van der Waals surface area contributed by atoms with E-state index in [0.29, 0.717) is 6.61 Å². The van der Waals surface area contributed by atoms with Crippen LogP contribution in [0.3, 0.4) is 0 Å². The standard InChI is InChI=1S/C15H17N3OS/c1-10-3-4-14(13(7-10)11(2)16)19-9-12-8-18-5-6-20-15(18)17-12/h3-8,11H,9,16H2,1-2H3/t11-/m0/s1. The monoisotopic (exact) mass is 287 g/mol. The minimum atomic E-state index is -0.0459.